The summed E-state index contributed by atoms with van der Waals surface area (Å²) in [4.78, 5) is 6.56. The molecule has 0 saturated carbocycles. The number of halogens is 2. The maximum Gasteiger partial charge on any atom is 0.128 e. The van der Waals surface area contributed by atoms with E-state index in [0.717, 1.165) is 21.3 Å². The van der Waals surface area contributed by atoms with Crippen LogP contribution >= 0.6 is 31.9 Å². The van der Waals surface area contributed by atoms with Gasteiger partial charge in [0.15, 0.2) is 0 Å². The Hall–Kier alpha value is -0.870. The van der Waals surface area contributed by atoms with Crippen molar-refractivity contribution in [3.8, 4) is 0 Å². The van der Waals surface area contributed by atoms with E-state index in [4.69, 9.17) is 0 Å². The van der Waals surface area contributed by atoms with Crippen molar-refractivity contribution < 1.29 is 0 Å². The fraction of sp³-hybridized carbons (Fsp3) is 0.214. The molecule has 0 atom stereocenters. The topological polar surface area (TPSA) is 16.1 Å². The Morgan fingerprint density at radius 2 is 1.83 bits per heavy atom. The van der Waals surface area contributed by atoms with Crippen LogP contribution in [0.25, 0.3) is 0 Å². The minimum atomic E-state index is 0.849. The van der Waals surface area contributed by atoms with Crippen LogP contribution in [0.5, 0.6) is 0 Å². The van der Waals surface area contributed by atoms with Crippen molar-refractivity contribution in [2.24, 2.45) is 0 Å². The Morgan fingerprint density at radius 1 is 1.17 bits per heavy atom. The molecule has 0 aliphatic rings. The van der Waals surface area contributed by atoms with E-state index in [9.17, 15) is 0 Å². The average molecular weight is 370 g/mol. The maximum atomic E-state index is 4.42. The molecule has 0 bridgehead atoms. The van der Waals surface area contributed by atoms with Crippen molar-refractivity contribution in [2.75, 3.05) is 11.9 Å². The predicted octanol–water partition coefficient (Wildman–Crippen LogP) is 4.55. The number of rotatable bonds is 3. The van der Waals surface area contributed by atoms with Gasteiger partial charge in [-0.1, -0.05) is 28.1 Å². The van der Waals surface area contributed by atoms with Gasteiger partial charge in [-0.3, -0.25) is 0 Å². The fourth-order valence-electron chi connectivity index (χ4n) is 1.68. The van der Waals surface area contributed by atoms with Gasteiger partial charge in [0.2, 0.25) is 0 Å². The first-order chi connectivity index (χ1) is 8.56. The lowest BCUT2D eigenvalue weighted by Crippen LogP contribution is -2.17. The first-order valence-corrected chi connectivity index (χ1v) is 7.22. The molecule has 0 aliphatic heterocycles. The van der Waals surface area contributed by atoms with E-state index < -0.39 is 0 Å². The van der Waals surface area contributed by atoms with Gasteiger partial charge in [-0.25, -0.2) is 4.98 Å². The van der Waals surface area contributed by atoms with Crippen LogP contribution < -0.4 is 4.90 Å². The molecular weight excluding hydrogens is 356 g/mol. The number of aryl methyl sites for hydroxylation is 1. The van der Waals surface area contributed by atoms with Crippen LogP contribution in [0.4, 0.5) is 5.82 Å². The Morgan fingerprint density at radius 3 is 2.44 bits per heavy atom. The van der Waals surface area contributed by atoms with E-state index in [0.29, 0.717) is 0 Å². The molecule has 4 heteroatoms. The summed E-state index contributed by atoms with van der Waals surface area (Å²) in [5.74, 6) is 0.985. The van der Waals surface area contributed by atoms with Crippen molar-refractivity contribution in [1.29, 1.82) is 0 Å². The molecular formula is C14H14Br2N2. The summed E-state index contributed by atoms with van der Waals surface area (Å²) in [6.07, 6.45) is 1.85. The van der Waals surface area contributed by atoms with Crippen molar-refractivity contribution in [1.82, 2.24) is 4.98 Å². The summed E-state index contributed by atoms with van der Waals surface area (Å²) in [7, 11) is 2.05. The van der Waals surface area contributed by atoms with Crippen molar-refractivity contribution in [2.45, 2.75) is 13.5 Å². The van der Waals surface area contributed by atoms with Crippen molar-refractivity contribution in [3.63, 3.8) is 0 Å². The molecule has 2 rings (SSSR count). The Balaban J connectivity index is 2.13. The third kappa shape index (κ3) is 3.33. The summed E-state index contributed by atoms with van der Waals surface area (Å²) < 4.78 is 2.15. The predicted molar refractivity (Wildman–Crippen MR) is 82.9 cm³/mol. The van der Waals surface area contributed by atoms with Gasteiger partial charge in [-0.15, -0.1) is 0 Å². The second-order valence-electron chi connectivity index (χ2n) is 4.27. The summed E-state index contributed by atoms with van der Waals surface area (Å²) in [5, 5.41) is 0. The molecule has 0 radical (unpaired) electrons. The van der Waals surface area contributed by atoms with E-state index in [2.05, 4.69) is 86.0 Å². The summed E-state index contributed by atoms with van der Waals surface area (Å²) in [5.41, 5.74) is 2.46. The molecule has 0 unspecified atom stereocenters. The summed E-state index contributed by atoms with van der Waals surface area (Å²) in [6, 6.07) is 10.4. The van der Waals surface area contributed by atoms with E-state index in [1.54, 1.807) is 0 Å². The highest BCUT2D eigenvalue weighted by molar-refractivity contribution is 9.10. The van der Waals surface area contributed by atoms with Crippen LogP contribution in [-0.2, 0) is 6.54 Å². The van der Waals surface area contributed by atoms with Gasteiger partial charge in [0, 0.05) is 28.7 Å². The summed E-state index contributed by atoms with van der Waals surface area (Å²) in [6.45, 7) is 2.92. The lowest BCUT2D eigenvalue weighted by molar-refractivity contribution is 0.895. The smallest absolute Gasteiger partial charge is 0.128 e. The number of nitrogens with zero attached hydrogens (tertiary/aromatic N) is 2. The highest BCUT2D eigenvalue weighted by atomic mass is 79.9. The highest BCUT2D eigenvalue weighted by Gasteiger charge is 2.05. The number of hydrogen-bond acceptors (Lipinski definition) is 2. The van der Waals surface area contributed by atoms with Crippen LogP contribution in [0.2, 0.25) is 0 Å². The molecule has 1 heterocycles. The molecule has 18 heavy (non-hydrogen) atoms. The standard InChI is InChI=1S/C14H14Br2N2/c1-10-7-14(17-8-13(10)16)18(2)9-11-3-5-12(15)6-4-11/h3-8H,9H2,1-2H3. The largest absolute Gasteiger partial charge is 0.355 e. The minimum absolute atomic E-state index is 0.849. The molecule has 2 nitrogen and oxygen atoms in total. The maximum absolute atomic E-state index is 4.42. The summed E-state index contributed by atoms with van der Waals surface area (Å²) >= 11 is 6.91. The SMILES string of the molecule is Cc1cc(N(C)Cc2ccc(Br)cc2)ncc1Br. The monoisotopic (exact) mass is 368 g/mol. The molecule has 1 aromatic heterocycles. The Bertz CT molecular complexity index is 538. The molecule has 0 saturated heterocycles. The second-order valence-corrected chi connectivity index (χ2v) is 6.04. The Kier molecular flexibility index (Phi) is 4.40. The van der Waals surface area contributed by atoms with Gasteiger partial charge >= 0.3 is 0 Å². The number of benzene rings is 1. The fourth-order valence-corrected chi connectivity index (χ4v) is 2.16. The molecule has 0 fully saturated rings. The average Bonchev–Trinajstić information content (AvgIpc) is 2.35. The normalized spacial score (nSPS) is 10.4. The molecule has 0 amide bonds. The van der Waals surface area contributed by atoms with Crippen LogP contribution in [-0.4, -0.2) is 12.0 Å². The van der Waals surface area contributed by atoms with E-state index >= 15 is 0 Å². The number of anilines is 1. The van der Waals surface area contributed by atoms with Crippen LogP contribution in [0, 0.1) is 6.92 Å². The zero-order chi connectivity index (χ0) is 13.1. The van der Waals surface area contributed by atoms with E-state index in [-0.39, 0.29) is 0 Å². The van der Waals surface area contributed by atoms with Crippen molar-refractivity contribution >= 4 is 37.7 Å². The van der Waals surface area contributed by atoms with Gasteiger partial charge in [0.1, 0.15) is 5.82 Å². The van der Waals surface area contributed by atoms with Crippen LogP contribution in [0.15, 0.2) is 45.5 Å². The quantitative estimate of drug-likeness (QED) is 0.788. The molecule has 1 aromatic carbocycles. The lowest BCUT2D eigenvalue weighted by Gasteiger charge is -2.19. The third-order valence-electron chi connectivity index (χ3n) is 2.76. The third-order valence-corrected chi connectivity index (χ3v) is 4.12. The number of hydrogen-bond donors (Lipinski definition) is 0. The number of pyridine rings is 1. The van der Waals surface area contributed by atoms with Gasteiger partial charge in [-0.05, 0) is 52.2 Å². The van der Waals surface area contributed by atoms with Gasteiger partial charge in [0.05, 0.1) is 0 Å². The van der Waals surface area contributed by atoms with Crippen molar-refractivity contribution in [3.05, 3.63) is 56.6 Å². The van der Waals surface area contributed by atoms with E-state index in [1.807, 2.05) is 6.20 Å². The van der Waals surface area contributed by atoms with Crippen LogP contribution in [0.1, 0.15) is 11.1 Å². The van der Waals surface area contributed by atoms with Gasteiger partial charge in [-0.2, -0.15) is 0 Å². The molecule has 0 aliphatic carbocycles. The number of aromatic nitrogens is 1. The molecule has 2 aromatic rings. The highest BCUT2D eigenvalue weighted by Crippen LogP contribution is 2.20. The first-order valence-electron chi connectivity index (χ1n) is 5.64. The zero-order valence-corrected chi connectivity index (χ0v) is 13.5. The first kappa shape index (κ1) is 13.6. The van der Waals surface area contributed by atoms with E-state index in [1.165, 1.54) is 11.1 Å². The lowest BCUT2D eigenvalue weighted by atomic mass is 10.2. The second kappa shape index (κ2) is 5.85. The Labute approximate surface area is 124 Å². The zero-order valence-electron chi connectivity index (χ0n) is 10.3. The minimum Gasteiger partial charge on any atom is -0.355 e. The van der Waals surface area contributed by atoms with Crippen LogP contribution in [0.3, 0.4) is 0 Å². The molecule has 94 valence electrons. The molecule has 0 spiro atoms. The van der Waals surface area contributed by atoms with Gasteiger partial charge < -0.3 is 4.90 Å². The molecule has 0 N–H and O–H groups in total. The van der Waals surface area contributed by atoms with Gasteiger partial charge in [0.25, 0.3) is 0 Å².